The Morgan fingerprint density at radius 3 is 2.48 bits per heavy atom. The summed E-state index contributed by atoms with van der Waals surface area (Å²) in [7, 11) is 3.55. The summed E-state index contributed by atoms with van der Waals surface area (Å²) in [5.74, 6) is 0.841. The molecular weight excluding hydrogens is 340 g/mol. The lowest BCUT2D eigenvalue weighted by atomic mass is 10.1. The second-order valence-electron chi connectivity index (χ2n) is 7.24. The third kappa shape index (κ3) is 5.08. The van der Waals surface area contributed by atoms with Crippen LogP contribution in [-0.2, 0) is 4.79 Å². The van der Waals surface area contributed by atoms with Gasteiger partial charge in [0, 0.05) is 20.6 Å². The number of likely N-dealkylation sites (N-methyl/N-ethyl adjacent to an activating group) is 1. The van der Waals surface area contributed by atoms with Crippen LogP contribution < -0.4 is 4.74 Å². The number of carbonyl (C=O) groups is 1. The SMILES string of the molecule is CN(C)C(=O)C1CCCN1CC(O)COc1ccc(-c2ccccc2)cc1. The molecule has 2 aromatic rings. The van der Waals surface area contributed by atoms with E-state index in [-0.39, 0.29) is 18.6 Å². The van der Waals surface area contributed by atoms with Gasteiger partial charge in [-0.25, -0.2) is 0 Å². The van der Waals surface area contributed by atoms with Crippen LogP contribution in [-0.4, -0.2) is 66.8 Å². The van der Waals surface area contributed by atoms with Crippen LogP contribution in [0.2, 0.25) is 0 Å². The van der Waals surface area contributed by atoms with E-state index in [1.54, 1.807) is 19.0 Å². The van der Waals surface area contributed by atoms with Gasteiger partial charge in [0.1, 0.15) is 18.5 Å². The predicted octanol–water partition coefficient (Wildman–Crippen LogP) is 2.65. The number of nitrogens with zero attached hydrogens (tertiary/aromatic N) is 2. The van der Waals surface area contributed by atoms with Gasteiger partial charge in [0.05, 0.1) is 6.04 Å². The number of hydrogen-bond donors (Lipinski definition) is 1. The van der Waals surface area contributed by atoms with Crippen molar-refractivity contribution in [2.45, 2.75) is 25.0 Å². The van der Waals surface area contributed by atoms with Crippen molar-refractivity contribution >= 4 is 5.91 Å². The van der Waals surface area contributed by atoms with Crippen LogP contribution in [0.5, 0.6) is 5.75 Å². The predicted molar refractivity (Wildman–Crippen MR) is 107 cm³/mol. The Hall–Kier alpha value is -2.37. The molecule has 5 nitrogen and oxygen atoms in total. The molecule has 1 fully saturated rings. The molecule has 3 rings (SSSR count). The summed E-state index contributed by atoms with van der Waals surface area (Å²) in [6, 6.07) is 17.9. The van der Waals surface area contributed by atoms with Gasteiger partial charge in [-0.1, -0.05) is 42.5 Å². The fraction of sp³-hybridized carbons (Fsp3) is 0.409. The van der Waals surface area contributed by atoms with Gasteiger partial charge in [-0.3, -0.25) is 9.69 Å². The Morgan fingerprint density at radius 2 is 1.81 bits per heavy atom. The van der Waals surface area contributed by atoms with Crippen molar-refractivity contribution in [2.24, 2.45) is 0 Å². The number of aliphatic hydroxyl groups is 1. The zero-order chi connectivity index (χ0) is 19.2. The first-order valence-electron chi connectivity index (χ1n) is 9.46. The smallest absolute Gasteiger partial charge is 0.239 e. The van der Waals surface area contributed by atoms with Crippen molar-refractivity contribution in [3.05, 3.63) is 54.6 Å². The molecule has 2 atom stereocenters. The number of amides is 1. The van der Waals surface area contributed by atoms with Gasteiger partial charge >= 0.3 is 0 Å². The Morgan fingerprint density at radius 1 is 1.15 bits per heavy atom. The Bertz CT molecular complexity index is 731. The molecule has 2 aromatic carbocycles. The van der Waals surface area contributed by atoms with Crippen LogP contribution in [0.25, 0.3) is 11.1 Å². The van der Waals surface area contributed by atoms with E-state index in [1.165, 1.54) is 0 Å². The number of carbonyl (C=O) groups excluding carboxylic acids is 1. The maximum atomic E-state index is 12.2. The van der Waals surface area contributed by atoms with Gasteiger partial charge < -0.3 is 14.7 Å². The van der Waals surface area contributed by atoms with Crippen molar-refractivity contribution in [1.29, 1.82) is 0 Å². The molecule has 1 heterocycles. The van der Waals surface area contributed by atoms with Crippen molar-refractivity contribution in [2.75, 3.05) is 33.8 Å². The van der Waals surface area contributed by atoms with Crippen molar-refractivity contribution in [1.82, 2.24) is 9.80 Å². The Kier molecular flexibility index (Phi) is 6.48. The average Bonchev–Trinajstić information content (AvgIpc) is 3.14. The van der Waals surface area contributed by atoms with Gasteiger partial charge in [-0.2, -0.15) is 0 Å². The minimum absolute atomic E-state index is 0.108. The zero-order valence-corrected chi connectivity index (χ0v) is 16.0. The van der Waals surface area contributed by atoms with Crippen molar-refractivity contribution in [3.63, 3.8) is 0 Å². The lowest BCUT2D eigenvalue weighted by Crippen LogP contribution is -2.46. The summed E-state index contributed by atoms with van der Waals surface area (Å²) < 4.78 is 5.74. The molecule has 0 spiro atoms. The summed E-state index contributed by atoms with van der Waals surface area (Å²) in [4.78, 5) is 15.9. The molecule has 1 aliphatic heterocycles. The van der Waals surface area contributed by atoms with Crippen LogP contribution in [0.1, 0.15) is 12.8 Å². The molecule has 5 heteroatoms. The van der Waals surface area contributed by atoms with E-state index in [0.29, 0.717) is 6.54 Å². The number of β-amino-alcohol motifs (C(OH)–C–C–N with tert-alkyl or cyclic N) is 1. The van der Waals surface area contributed by atoms with E-state index >= 15 is 0 Å². The van der Waals surface area contributed by atoms with E-state index in [1.807, 2.05) is 42.5 Å². The number of aliphatic hydroxyl groups excluding tert-OH is 1. The third-order valence-corrected chi connectivity index (χ3v) is 4.94. The van der Waals surface area contributed by atoms with Gasteiger partial charge in [-0.15, -0.1) is 0 Å². The topological polar surface area (TPSA) is 53.0 Å². The molecule has 0 aliphatic carbocycles. The molecule has 2 unspecified atom stereocenters. The fourth-order valence-corrected chi connectivity index (χ4v) is 3.51. The zero-order valence-electron chi connectivity index (χ0n) is 16.0. The highest BCUT2D eigenvalue weighted by molar-refractivity contribution is 5.81. The normalized spacial score (nSPS) is 18.3. The number of rotatable bonds is 7. The van der Waals surface area contributed by atoms with E-state index in [2.05, 4.69) is 17.0 Å². The summed E-state index contributed by atoms with van der Waals surface area (Å²) in [5, 5.41) is 10.4. The minimum Gasteiger partial charge on any atom is -0.491 e. The van der Waals surface area contributed by atoms with Crippen LogP contribution in [0.4, 0.5) is 0 Å². The molecule has 1 N–H and O–H groups in total. The van der Waals surface area contributed by atoms with Crippen LogP contribution in [0.15, 0.2) is 54.6 Å². The molecular formula is C22H28N2O3. The second-order valence-corrected chi connectivity index (χ2v) is 7.24. The number of hydrogen-bond acceptors (Lipinski definition) is 4. The minimum atomic E-state index is -0.630. The lowest BCUT2D eigenvalue weighted by Gasteiger charge is -2.27. The van der Waals surface area contributed by atoms with Crippen LogP contribution in [0.3, 0.4) is 0 Å². The molecule has 0 radical (unpaired) electrons. The lowest BCUT2D eigenvalue weighted by molar-refractivity contribution is -0.133. The summed E-state index contributed by atoms with van der Waals surface area (Å²) in [5.41, 5.74) is 2.29. The van der Waals surface area contributed by atoms with Crippen LogP contribution in [0, 0.1) is 0 Å². The third-order valence-electron chi connectivity index (χ3n) is 4.94. The van der Waals surface area contributed by atoms with Gasteiger partial charge in [0.25, 0.3) is 0 Å². The fourth-order valence-electron chi connectivity index (χ4n) is 3.51. The first-order chi connectivity index (χ1) is 13.0. The number of likely N-dealkylation sites (tertiary alicyclic amines) is 1. The monoisotopic (exact) mass is 368 g/mol. The molecule has 1 amide bonds. The summed E-state index contributed by atoms with van der Waals surface area (Å²) in [6.45, 7) is 1.50. The maximum absolute atomic E-state index is 12.2. The van der Waals surface area contributed by atoms with Crippen molar-refractivity contribution < 1.29 is 14.6 Å². The summed E-state index contributed by atoms with van der Waals surface area (Å²) >= 11 is 0. The largest absolute Gasteiger partial charge is 0.491 e. The van der Waals surface area contributed by atoms with E-state index in [9.17, 15) is 9.90 Å². The highest BCUT2D eigenvalue weighted by atomic mass is 16.5. The Labute approximate surface area is 161 Å². The first-order valence-corrected chi connectivity index (χ1v) is 9.46. The molecule has 1 saturated heterocycles. The number of ether oxygens (including phenoxy) is 1. The van der Waals surface area contributed by atoms with E-state index in [0.717, 1.165) is 36.3 Å². The highest BCUT2D eigenvalue weighted by Gasteiger charge is 2.32. The summed E-state index contributed by atoms with van der Waals surface area (Å²) in [6.07, 6.45) is 1.21. The molecule has 0 saturated carbocycles. The first kappa shape index (κ1) is 19.4. The van der Waals surface area contributed by atoms with Gasteiger partial charge in [0.15, 0.2) is 0 Å². The maximum Gasteiger partial charge on any atom is 0.239 e. The molecule has 0 aromatic heterocycles. The second kappa shape index (κ2) is 9.02. The standard InChI is InChI=1S/C22H28N2O3/c1-23(2)22(26)21-9-6-14-24(21)15-19(25)16-27-20-12-10-18(11-13-20)17-7-4-3-5-8-17/h3-5,7-8,10-13,19,21,25H,6,9,14-16H2,1-2H3. The number of benzene rings is 2. The van der Waals surface area contributed by atoms with Crippen LogP contribution >= 0.6 is 0 Å². The van der Waals surface area contributed by atoms with E-state index < -0.39 is 6.10 Å². The van der Waals surface area contributed by atoms with Gasteiger partial charge in [-0.05, 0) is 42.6 Å². The average molecular weight is 368 g/mol. The van der Waals surface area contributed by atoms with Crippen molar-refractivity contribution in [3.8, 4) is 16.9 Å². The highest BCUT2D eigenvalue weighted by Crippen LogP contribution is 2.23. The quantitative estimate of drug-likeness (QED) is 0.816. The molecule has 27 heavy (non-hydrogen) atoms. The molecule has 144 valence electrons. The van der Waals surface area contributed by atoms with Gasteiger partial charge in [0.2, 0.25) is 5.91 Å². The Balaban J connectivity index is 1.50. The van der Waals surface area contributed by atoms with E-state index in [4.69, 9.17) is 4.74 Å². The molecule has 0 bridgehead atoms. The molecule has 1 aliphatic rings.